The second-order valence-corrected chi connectivity index (χ2v) is 6.68. The number of hydrogen-bond donors (Lipinski definition) is 2. The van der Waals surface area contributed by atoms with Crippen LogP contribution in [0.1, 0.15) is 19.8 Å². The molecule has 0 rings (SSSR count). The van der Waals surface area contributed by atoms with Crippen molar-refractivity contribution in [3.63, 3.8) is 0 Å². The van der Waals surface area contributed by atoms with Crippen LogP contribution in [0.5, 0.6) is 0 Å². The maximum absolute atomic E-state index is 8.53. The van der Waals surface area contributed by atoms with Gasteiger partial charge in [-0.15, -0.1) is 0 Å². The second-order valence-electron chi connectivity index (χ2n) is 3.09. The van der Waals surface area contributed by atoms with E-state index in [9.17, 15) is 0 Å². The van der Waals surface area contributed by atoms with Crippen LogP contribution in [-0.2, 0) is 8.85 Å². The smallest absolute Gasteiger partial charge is 0.334 e. The van der Waals surface area contributed by atoms with Gasteiger partial charge in [-0.25, -0.2) is 0 Å². The Morgan fingerprint density at radius 3 is 1.67 bits per heavy atom. The van der Waals surface area contributed by atoms with Gasteiger partial charge in [-0.05, 0) is 25.4 Å². The standard InChI is InChI=1S/C6H16O3Si.C3H8O.H2O/c1-8-10(3,9-2)6-4-5-7;1-2-3-4;/h7H,4-6H2,1-3H3;4H,2-3H2,1H3;1H2. The Balaban J connectivity index is -0.000000249. The van der Waals surface area contributed by atoms with Crippen LogP contribution in [0.15, 0.2) is 0 Å². The van der Waals surface area contributed by atoms with E-state index in [2.05, 4.69) is 0 Å². The van der Waals surface area contributed by atoms with Crippen LogP contribution in [0.3, 0.4) is 0 Å². The fraction of sp³-hybridized carbons (Fsp3) is 1.00. The van der Waals surface area contributed by atoms with Crippen LogP contribution in [0.25, 0.3) is 0 Å². The fourth-order valence-electron chi connectivity index (χ4n) is 0.688. The van der Waals surface area contributed by atoms with E-state index in [0.717, 1.165) is 18.9 Å². The van der Waals surface area contributed by atoms with Crippen molar-refractivity contribution in [2.24, 2.45) is 0 Å². The molecular weight excluding hydrogens is 216 g/mol. The molecule has 0 bridgehead atoms. The molecule has 0 amide bonds. The van der Waals surface area contributed by atoms with Gasteiger partial charge in [-0.3, -0.25) is 0 Å². The summed E-state index contributed by atoms with van der Waals surface area (Å²) in [6, 6.07) is 0.858. The van der Waals surface area contributed by atoms with Crippen molar-refractivity contribution in [1.29, 1.82) is 0 Å². The summed E-state index contributed by atoms with van der Waals surface area (Å²) in [5.74, 6) is 0. The third kappa shape index (κ3) is 14.0. The van der Waals surface area contributed by atoms with E-state index in [1.54, 1.807) is 14.2 Å². The Kier molecular flexibility index (Phi) is 19.1. The Morgan fingerprint density at radius 1 is 1.07 bits per heavy atom. The topological polar surface area (TPSA) is 90.4 Å². The molecule has 96 valence electrons. The summed E-state index contributed by atoms with van der Waals surface area (Å²) in [4.78, 5) is 0. The summed E-state index contributed by atoms with van der Waals surface area (Å²) >= 11 is 0. The normalized spacial score (nSPS) is 10.0. The molecule has 4 N–H and O–H groups in total. The summed E-state index contributed by atoms with van der Waals surface area (Å²) in [5, 5.41) is 16.4. The second kappa shape index (κ2) is 14.0. The molecule has 0 unspecified atom stereocenters. The van der Waals surface area contributed by atoms with Crippen molar-refractivity contribution >= 4 is 8.56 Å². The van der Waals surface area contributed by atoms with Crippen LogP contribution in [0.4, 0.5) is 0 Å². The minimum atomic E-state index is -1.88. The molecular formula is C9H26O5Si. The lowest BCUT2D eigenvalue weighted by atomic mass is 10.5. The fourth-order valence-corrected chi connectivity index (χ4v) is 2.06. The Bertz CT molecular complexity index is 107. The largest absolute Gasteiger partial charge is 0.412 e. The Morgan fingerprint density at radius 2 is 1.47 bits per heavy atom. The number of hydrogen-bond acceptors (Lipinski definition) is 4. The molecule has 0 aliphatic rings. The van der Waals surface area contributed by atoms with Crippen molar-refractivity contribution in [1.82, 2.24) is 0 Å². The van der Waals surface area contributed by atoms with Gasteiger partial charge in [-0.1, -0.05) is 6.92 Å². The minimum absolute atomic E-state index is 0. The van der Waals surface area contributed by atoms with E-state index in [0.29, 0.717) is 6.61 Å². The molecule has 0 aliphatic heterocycles. The molecule has 0 saturated heterocycles. The van der Waals surface area contributed by atoms with Crippen LogP contribution < -0.4 is 0 Å². The number of aliphatic hydroxyl groups excluding tert-OH is 2. The molecule has 0 atom stereocenters. The van der Waals surface area contributed by atoms with Crippen molar-refractivity contribution < 1.29 is 24.5 Å². The number of rotatable bonds is 6. The third-order valence-electron chi connectivity index (χ3n) is 1.88. The van der Waals surface area contributed by atoms with E-state index >= 15 is 0 Å². The van der Waals surface area contributed by atoms with Crippen molar-refractivity contribution in [2.45, 2.75) is 32.4 Å². The van der Waals surface area contributed by atoms with Crippen molar-refractivity contribution in [2.75, 3.05) is 27.4 Å². The Hall–Kier alpha value is 0.0169. The molecule has 0 heterocycles. The SMILES string of the molecule is CCCO.CO[Si](C)(CCCO)OC.O. The predicted molar refractivity (Wildman–Crippen MR) is 63.1 cm³/mol. The van der Waals surface area contributed by atoms with E-state index in [4.69, 9.17) is 19.1 Å². The summed E-state index contributed by atoms with van der Waals surface area (Å²) in [6.45, 7) is 4.46. The van der Waals surface area contributed by atoms with Gasteiger partial charge in [0.1, 0.15) is 0 Å². The molecule has 15 heavy (non-hydrogen) atoms. The predicted octanol–water partition coefficient (Wildman–Crippen LogP) is 0.298. The zero-order valence-electron chi connectivity index (χ0n) is 10.2. The zero-order valence-corrected chi connectivity index (χ0v) is 11.2. The molecule has 0 spiro atoms. The molecule has 5 nitrogen and oxygen atoms in total. The van der Waals surface area contributed by atoms with Crippen molar-refractivity contribution in [3.05, 3.63) is 0 Å². The minimum Gasteiger partial charge on any atom is -0.412 e. The van der Waals surface area contributed by atoms with E-state index in [1.807, 2.05) is 13.5 Å². The van der Waals surface area contributed by atoms with Crippen molar-refractivity contribution in [3.8, 4) is 0 Å². The van der Waals surface area contributed by atoms with Crippen LogP contribution >= 0.6 is 0 Å². The summed E-state index contributed by atoms with van der Waals surface area (Å²) < 4.78 is 10.4. The van der Waals surface area contributed by atoms with E-state index in [-0.39, 0.29) is 12.1 Å². The lowest BCUT2D eigenvalue weighted by molar-refractivity contribution is 0.238. The highest BCUT2D eigenvalue weighted by Crippen LogP contribution is 2.12. The zero-order chi connectivity index (χ0) is 11.4. The number of aliphatic hydroxyl groups is 2. The third-order valence-corrected chi connectivity index (χ3v) is 4.87. The molecule has 0 aliphatic carbocycles. The lowest BCUT2D eigenvalue weighted by Gasteiger charge is -2.21. The maximum Gasteiger partial charge on any atom is 0.334 e. The molecule has 0 fully saturated rings. The van der Waals surface area contributed by atoms with Gasteiger partial charge in [0.05, 0.1) is 0 Å². The van der Waals surface area contributed by atoms with Gasteiger partial charge in [0.2, 0.25) is 0 Å². The molecule has 0 saturated carbocycles. The van der Waals surface area contributed by atoms with Crippen LogP contribution in [-0.4, -0.2) is 51.7 Å². The molecule has 0 aromatic heterocycles. The first-order valence-electron chi connectivity index (χ1n) is 4.92. The van der Waals surface area contributed by atoms with Gasteiger partial charge < -0.3 is 24.5 Å². The summed E-state index contributed by atoms with van der Waals surface area (Å²) in [6.07, 6.45) is 1.64. The first kappa shape index (κ1) is 20.4. The first-order valence-corrected chi connectivity index (χ1v) is 7.44. The molecule has 0 aromatic rings. The van der Waals surface area contributed by atoms with Gasteiger partial charge in [0.15, 0.2) is 0 Å². The van der Waals surface area contributed by atoms with E-state index in [1.165, 1.54) is 0 Å². The van der Waals surface area contributed by atoms with Crippen LogP contribution in [0.2, 0.25) is 12.6 Å². The molecule has 6 heteroatoms. The average Bonchev–Trinajstić information content (AvgIpc) is 2.26. The van der Waals surface area contributed by atoms with Gasteiger partial charge >= 0.3 is 8.56 Å². The molecule has 0 radical (unpaired) electrons. The maximum atomic E-state index is 8.53. The van der Waals surface area contributed by atoms with Gasteiger partial charge in [-0.2, -0.15) is 0 Å². The van der Waals surface area contributed by atoms with Gasteiger partial charge in [0, 0.05) is 27.4 Å². The average molecular weight is 242 g/mol. The first-order chi connectivity index (χ1) is 6.60. The highest BCUT2D eigenvalue weighted by molar-refractivity contribution is 6.65. The quantitative estimate of drug-likeness (QED) is 0.655. The van der Waals surface area contributed by atoms with E-state index < -0.39 is 8.56 Å². The van der Waals surface area contributed by atoms with Gasteiger partial charge in [0.25, 0.3) is 0 Å². The highest BCUT2D eigenvalue weighted by atomic mass is 28.4. The molecule has 0 aromatic carbocycles. The monoisotopic (exact) mass is 242 g/mol. The summed E-state index contributed by atoms with van der Waals surface area (Å²) in [5.41, 5.74) is 0. The Labute approximate surface area is 93.6 Å². The van der Waals surface area contributed by atoms with Crippen LogP contribution in [0, 0.1) is 0 Å². The summed E-state index contributed by atoms with van der Waals surface area (Å²) in [7, 11) is 1.44. The lowest BCUT2D eigenvalue weighted by Crippen LogP contribution is -2.35. The highest BCUT2D eigenvalue weighted by Gasteiger charge is 2.27.